The minimum Gasteiger partial charge on any atom is -0.497 e. The van der Waals surface area contributed by atoms with E-state index in [2.05, 4.69) is 5.32 Å². The van der Waals surface area contributed by atoms with Crippen molar-refractivity contribution in [2.45, 2.75) is 38.6 Å². The average molecular weight is 397 g/mol. The van der Waals surface area contributed by atoms with Gasteiger partial charge >= 0.3 is 0 Å². The van der Waals surface area contributed by atoms with E-state index >= 15 is 0 Å². The Balaban J connectivity index is 1.61. The van der Waals surface area contributed by atoms with Crippen LogP contribution in [0.4, 0.5) is 11.4 Å². The van der Waals surface area contributed by atoms with E-state index in [1.54, 1.807) is 19.2 Å². The zero-order chi connectivity index (χ0) is 20.8. The molecule has 2 aromatic carbocycles. The molecule has 0 spiro atoms. The summed E-state index contributed by atoms with van der Waals surface area (Å²) in [5.41, 5.74) is 2.07. The van der Waals surface area contributed by atoms with E-state index in [0.29, 0.717) is 11.3 Å². The van der Waals surface area contributed by atoms with Crippen molar-refractivity contribution in [3.8, 4) is 5.75 Å². The van der Waals surface area contributed by atoms with Crippen LogP contribution < -0.4 is 15.0 Å². The van der Waals surface area contributed by atoms with E-state index in [4.69, 9.17) is 4.74 Å². The van der Waals surface area contributed by atoms with Gasteiger partial charge in [0, 0.05) is 30.8 Å². The molecule has 0 radical (unpaired) electrons. The van der Waals surface area contributed by atoms with Crippen molar-refractivity contribution in [2.75, 3.05) is 25.1 Å². The number of hydrogen-bond donors (Lipinski definition) is 1. The van der Waals surface area contributed by atoms with Gasteiger partial charge < -0.3 is 15.0 Å². The minimum absolute atomic E-state index is 0.00886. The number of carbonyl (C=O) groups excluding carboxylic acids is 1. The van der Waals surface area contributed by atoms with Crippen LogP contribution >= 0.6 is 0 Å². The summed E-state index contributed by atoms with van der Waals surface area (Å²) in [7, 11) is 1.63. The van der Waals surface area contributed by atoms with Gasteiger partial charge in [0.25, 0.3) is 11.6 Å². The quantitative estimate of drug-likeness (QED) is 0.538. The maximum atomic E-state index is 12.6. The molecule has 1 aliphatic rings. The number of nitrogens with one attached hydrogen (secondary N) is 1. The fourth-order valence-electron chi connectivity index (χ4n) is 3.59. The van der Waals surface area contributed by atoms with Crippen molar-refractivity contribution in [3.63, 3.8) is 0 Å². The molecule has 7 nitrogen and oxygen atoms in total. The number of methoxy groups -OCH3 is 1. The zero-order valence-electron chi connectivity index (χ0n) is 16.9. The van der Waals surface area contributed by atoms with E-state index in [9.17, 15) is 14.9 Å². The summed E-state index contributed by atoms with van der Waals surface area (Å²) < 4.78 is 5.16. The molecule has 29 heavy (non-hydrogen) atoms. The molecule has 0 bridgehead atoms. The third-order valence-electron chi connectivity index (χ3n) is 5.28. The number of benzene rings is 2. The van der Waals surface area contributed by atoms with Gasteiger partial charge in [-0.05, 0) is 62.4 Å². The summed E-state index contributed by atoms with van der Waals surface area (Å²) in [6, 6.07) is 12.6. The normalized spacial score (nSPS) is 14.5. The molecule has 0 aromatic heterocycles. The molecule has 3 rings (SSSR count). The van der Waals surface area contributed by atoms with Crippen molar-refractivity contribution in [3.05, 3.63) is 63.7 Å². The second-order valence-corrected chi connectivity index (χ2v) is 7.42. The highest BCUT2D eigenvalue weighted by Gasteiger charge is 2.24. The van der Waals surface area contributed by atoms with Crippen LogP contribution in [0.2, 0.25) is 0 Å². The van der Waals surface area contributed by atoms with E-state index in [0.717, 1.165) is 50.1 Å². The first-order chi connectivity index (χ1) is 14.0. The Bertz CT molecular complexity index is 861. The predicted molar refractivity (Wildman–Crippen MR) is 113 cm³/mol. The van der Waals surface area contributed by atoms with Gasteiger partial charge in [-0.1, -0.05) is 12.1 Å². The van der Waals surface area contributed by atoms with E-state index < -0.39 is 4.92 Å². The first kappa shape index (κ1) is 20.6. The fourth-order valence-corrected chi connectivity index (χ4v) is 3.59. The summed E-state index contributed by atoms with van der Waals surface area (Å²) in [5.74, 6) is 0.525. The van der Waals surface area contributed by atoms with E-state index in [-0.39, 0.29) is 17.6 Å². The van der Waals surface area contributed by atoms with Gasteiger partial charge in [-0.15, -0.1) is 0 Å². The summed E-state index contributed by atoms with van der Waals surface area (Å²) in [5, 5.41) is 14.5. The van der Waals surface area contributed by atoms with Gasteiger partial charge in [-0.2, -0.15) is 0 Å². The topological polar surface area (TPSA) is 84.7 Å². The number of aryl methyl sites for hydroxylation is 1. The summed E-state index contributed by atoms with van der Waals surface area (Å²) in [6.07, 6.45) is 3.65. The molecule has 0 aliphatic carbocycles. The first-order valence-corrected chi connectivity index (χ1v) is 9.95. The fraction of sp³-hybridized carbons (Fsp3) is 0.409. The molecule has 1 heterocycles. The lowest BCUT2D eigenvalue weighted by atomic mass is 10.1. The van der Waals surface area contributed by atoms with Crippen molar-refractivity contribution >= 4 is 17.3 Å². The molecule has 1 saturated heterocycles. The van der Waals surface area contributed by atoms with Crippen LogP contribution in [-0.4, -0.2) is 37.1 Å². The lowest BCUT2D eigenvalue weighted by Crippen LogP contribution is -2.33. The number of nitrogens with zero attached hydrogens (tertiary/aromatic N) is 2. The van der Waals surface area contributed by atoms with Crippen molar-refractivity contribution in [1.29, 1.82) is 0 Å². The van der Waals surface area contributed by atoms with Crippen LogP contribution in [0.3, 0.4) is 0 Å². The first-order valence-electron chi connectivity index (χ1n) is 9.95. The van der Waals surface area contributed by atoms with Gasteiger partial charge in [0.15, 0.2) is 0 Å². The molecule has 1 aliphatic heterocycles. The highest BCUT2D eigenvalue weighted by Crippen LogP contribution is 2.31. The van der Waals surface area contributed by atoms with Crippen molar-refractivity contribution in [1.82, 2.24) is 5.32 Å². The number of anilines is 1. The number of carbonyl (C=O) groups is 1. The third-order valence-corrected chi connectivity index (χ3v) is 5.28. The van der Waals surface area contributed by atoms with Gasteiger partial charge in [0.1, 0.15) is 11.4 Å². The lowest BCUT2D eigenvalue weighted by Gasteiger charge is -2.18. The molecule has 7 heteroatoms. The van der Waals surface area contributed by atoms with Crippen molar-refractivity contribution < 1.29 is 14.5 Å². The standard InChI is InChI=1S/C22H27N3O4/c1-16(5-6-17-7-10-19(29-2)11-8-17)23-22(26)18-9-12-20(21(15-18)25(27)28)24-13-3-4-14-24/h7-12,15-16H,3-6,13-14H2,1-2H3,(H,23,26). The Morgan fingerprint density at radius 3 is 2.52 bits per heavy atom. The highest BCUT2D eigenvalue weighted by molar-refractivity contribution is 5.96. The zero-order valence-corrected chi connectivity index (χ0v) is 16.9. The van der Waals surface area contributed by atoms with Crippen LogP contribution in [0.5, 0.6) is 5.75 Å². The largest absolute Gasteiger partial charge is 0.497 e. The smallest absolute Gasteiger partial charge is 0.293 e. The summed E-state index contributed by atoms with van der Waals surface area (Å²) >= 11 is 0. The number of nitro groups is 1. The van der Waals surface area contributed by atoms with E-state index in [1.165, 1.54) is 6.07 Å². The Morgan fingerprint density at radius 1 is 1.21 bits per heavy atom. The number of amides is 1. The third kappa shape index (κ3) is 5.25. The van der Waals surface area contributed by atoms with Crippen LogP contribution in [0.25, 0.3) is 0 Å². The van der Waals surface area contributed by atoms with Crippen LogP contribution in [-0.2, 0) is 6.42 Å². The number of hydrogen-bond acceptors (Lipinski definition) is 5. The highest BCUT2D eigenvalue weighted by atomic mass is 16.6. The van der Waals surface area contributed by atoms with Gasteiger partial charge in [-0.3, -0.25) is 14.9 Å². The minimum atomic E-state index is -0.405. The van der Waals surface area contributed by atoms with Crippen LogP contribution in [0, 0.1) is 10.1 Å². The summed E-state index contributed by atoms with van der Waals surface area (Å²) in [6.45, 7) is 3.57. The molecule has 0 saturated carbocycles. The molecule has 1 atom stereocenters. The number of nitro benzene ring substituents is 1. The number of ether oxygens (including phenoxy) is 1. The van der Waals surface area contributed by atoms with Crippen molar-refractivity contribution in [2.24, 2.45) is 0 Å². The maximum Gasteiger partial charge on any atom is 0.293 e. The average Bonchev–Trinajstić information content (AvgIpc) is 3.26. The maximum absolute atomic E-state index is 12.6. The monoisotopic (exact) mass is 397 g/mol. The Hall–Kier alpha value is -3.09. The molecular formula is C22H27N3O4. The van der Waals surface area contributed by atoms with E-state index in [1.807, 2.05) is 36.1 Å². The SMILES string of the molecule is COc1ccc(CCC(C)NC(=O)c2ccc(N3CCCC3)c([N+](=O)[O-])c2)cc1. The Labute approximate surface area is 170 Å². The molecule has 1 N–H and O–H groups in total. The molecule has 1 unspecified atom stereocenters. The summed E-state index contributed by atoms with van der Waals surface area (Å²) in [4.78, 5) is 25.7. The van der Waals surface area contributed by atoms with Crippen LogP contribution in [0.15, 0.2) is 42.5 Å². The second-order valence-electron chi connectivity index (χ2n) is 7.42. The molecule has 1 amide bonds. The van der Waals surface area contributed by atoms with Gasteiger partial charge in [0.2, 0.25) is 0 Å². The Kier molecular flexibility index (Phi) is 6.69. The van der Waals surface area contributed by atoms with Gasteiger partial charge in [0.05, 0.1) is 12.0 Å². The predicted octanol–water partition coefficient (Wildman–Crippen LogP) is 3.95. The second kappa shape index (κ2) is 9.41. The molecule has 154 valence electrons. The molecular weight excluding hydrogens is 370 g/mol. The van der Waals surface area contributed by atoms with Gasteiger partial charge in [-0.25, -0.2) is 0 Å². The molecule has 1 fully saturated rings. The lowest BCUT2D eigenvalue weighted by molar-refractivity contribution is -0.384. The van der Waals surface area contributed by atoms with Crippen LogP contribution in [0.1, 0.15) is 42.1 Å². The Morgan fingerprint density at radius 2 is 1.90 bits per heavy atom. The molecule has 2 aromatic rings. The number of rotatable bonds is 8.